The highest BCUT2D eigenvalue weighted by atomic mass is 16.6. The van der Waals surface area contributed by atoms with Crippen LogP contribution >= 0.6 is 0 Å². The topological polar surface area (TPSA) is 38.8 Å². The van der Waals surface area contributed by atoms with Gasteiger partial charge in [0.25, 0.3) is 0 Å². The predicted octanol–water partition coefficient (Wildman–Crippen LogP) is 0.903. The van der Waals surface area contributed by atoms with Crippen LogP contribution in [0.3, 0.4) is 0 Å². The maximum Gasteiger partial charge on any atom is 0.599 e. The molecule has 1 saturated heterocycles. The summed E-state index contributed by atoms with van der Waals surface area (Å²) in [5, 5.41) is 0. The molecule has 78 valence electrons. The largest absolute Gasteiger partial charge is 0.599 e. The van der Waals surface area contributed by atoms with Gasteiger partial charge >= 0.3 is 13.1 Å². The maximum absolute atomic E-state index is 11.3. The predicted molar refractivity (Wildman–Crippen MR) is 54.7 cm³/mol. The van der Waals surface area contributed by atoms with Crippen LogP contribution < -0.4 is 0 Å². The van der Waals surface area contributed by atoms with Crippen molar-refractivity contribution in [2.24, 2.45) is 0 Å². The second-order valence-electron chi connectivity index (χ2n) is 3.93. The van der Waals surface area contributed by atoms with Gasteiger partial charge in [0.2, 0.25) is 0 Å². The lowest BCUT2D eigenvalue weighted by atomic mass is 9.74. The van der Waals surface area contributed by atoms with Gasteiger partial charge < -0.3 is 9.31 Å². The zero-order valence-corrected chi connectivity index (χ0v) is 8.95. The number of rotatable bonds is 1. The third-order valence-corrected chi connectivity index (χ3v) is 1.92. The van der Waals surface area contributed by atoms with Gasteiger partial charge in [0, 0.05) is 5.82 Å². The van der Waals surface area contributed by atoms with Gasteiger partial charge in [-0.15, -0.1) is 0 Å². The number of carbonyl (C=O) groups is 1. The Kier molecular flexibility index (Phi) is 3.58. The molecule has 0 aromatic carbocycles. The van der Waals surface area contributed by atoms with E-state index in [1.165, 1.54) is 0 Å². The molecule has 0 N–H and O–H groups in total. The summed E-state index contributed by atoms with van der Waals surface area (Å²) in [5.41, 5.74) is 0. The number of nitrogens with zero attached hydrogens (tertiary/aromatic N) is 1. The summed E-state index contributed by atoms with van der Waals surface area (Å²) in [6.45, 7) is 8.50. The second kappa shape index (κ2) is 4.51. The van der Waals surface area contributed by atoms with Crippen molar-refractivity contribution in [2.45, 2.75) is 19.7 Å². The molecule has 4 nitrogen and oxygen atoms in total. The molecule has 0 amide bonds. The highest BCUT2D eigenvalue weighted by Gasteiger charge is 2.32. The van der Waals surface area contributed by atoms with Crippen LogP contribution in [0, 0.1) is 0 Å². The molecule has 1 fully saturated rings. The van der Waals surface area contributed by atoms with Gasteiger partial charge in [-0.05, 0) is 7.05 Å². The number of hydrogen-bond donors (Lipinski definition) is 0. The molecule has 1 heterocycles. The van der Waals surface area contributed by atoms with E-state index in [4.69, 9.17) is 9.31 Å². The number of carbonyl (C=O) groups excluding carboxylic acids is 1. The summed E-state index contributed by atoms with van der Waals surface area (Å²) >= 11 is 0. The van der Waals surface area contributed by atoms with Gasteiger partial charge in [0.1, 0.15) is 0 Å². The van der Waals surface area contributed by atoms with E-state index >= 15 is 0 Å². The summed E-state index contributed by atoms with van der Waals surface area (Å²) in [5.74, 6) is 0.525. The standard InChI is InChI=1S/C9H16BNO3/c1-7(2)10-13-8(3)5-11(4)6-9(12)14-10/h7H,3,5-6H2,1-2,4H3. The Hall–Kier alpha value is -0.965. The van der Waals surface area contributed by atoms with Crippen molar-refractivity contribution in [3.8, 4) is 0 Å². The van der Waals surface area contributed by atoms with Crippen LogP contribution in [0.1, 0.15) is 13.8 Å². The summed E-state index contributed by atoms with van der Waals surface area (Å²) in [4.78, 5) is 13.1. The fourth-order valence-corrected chi connectivity index (χ4v) is 1.24. The van der Waals surface area contributed by atoms with E-state index in [1.807, 2.05) is 20.9 Å². The van der Waals surface area contributed by atoms with Crippen LogP contribution in [0.5, 0.6) is 0 Å². The lowest BCUT2D eigenvalue weighted by Gasteiger charge is -2.26. The molecular formula is C9H16BNO3. The third kappa shape index (κ3) is 3.07. The zero-order valence-electron chi connectivity index (χ0n) is 8.95. The Morgan fingerprint density at radius 3 is 2.64 bits per heavy atom. The highest BCUT2D eigenvalue weighted by molar-refractivity contribution is 6.48. The Morgan fingerprint density at radius 2 is 2.07 bits per heavy atom. The molecule has 0 aliphatic carbocycles. The average Bonchev–Trinajstić information content (AvgIpc) is 1.99. The van der Waals surface area contributed by atoms with Crippen LogP contribution in [-0.2, 0) is 14.1 Å². The molecule has 5 heteroatoms. The SMILES string of the molecule is C=C1CN(C)CC(=O)OB(C(C)C)O1. The summed E-state index contributed by atoms with van der Waals surface area (Å²) in [7, 11) is 1.33. The molecule has 0 atom stereocenters. The van der Waals surface area contributed by atoms with Gasteiger partial charge in [-0.25, -0.2) is 0 Å². The molecule has 0 aromatic rings. The van der Waals surface area contributed by atoms with Gasteiger partial charge in [-0.3, -0.25) is 9.69 Å². The molecule has 1 rings (SSSR count). The van der Waals surface area contributed by atoms with E-state index in [0.29, 0.717) is 12.3 Å². The molecule has 1 aliphatic heterocycles. The molecule has 0 saturated carbocycles. The van der Waals surface area contributed by atoms with Gasteiger partial charge in [-0.2, -0.15) is 0 Å². The third-order valence-electron chi connectivity index (χ3n) is 1.92. The van der Waals surface area contributed by atoms with Crippen molar-refractivity contribution < 1.29 is 14.1 Å². The Bertz CT molecular complexity index is 222. The smallest absolute Gasteiger partial charge is 0.528 e. The molecule has 0 unspecified atom stereocenters. The normalized spacial score (nSPS) is 20.1. The maximum atomic E-state index is 11.3. The fraction of sp³-hybridized carbons (Fsp3) is 0.667. The van der Waals surface area contributed by atoms with E-state index in [2.05, 4.69) is 6.58 Å². The molecule has 0 spiro atoms. The van der Waals surface area contributed by atoms with Crippen molar-refractivity contribution in [3.63, 3.8) is 0 Å². The average molecular weight is 197 g/mol. The highest BCUT2D eigenvalue weighted by Crippen LogP contribution is 2.15. The first-order chi connectivity index (χ1) is 6.49. The molecule has 0 aromatic heterocycles. The molecular weight excluding hydrogens is 181 g/mol. The molecule has 0 radical (unpaired) electrons. The Balaban J connectivity index is 2.65. The lowest BCUT2D eigenvalue weighted by molar-refractivity contribution is -0.137. The van der Waals surface area contributed by atoms with Gasteiger partial charge in [0.15, 0.2) is 0 Å². The quantitative estimate of drug-likeness (QED) is 0.585. The second-order valence-corrected chi connectivity index (χ2v) is 3.93. The van der Waals surface area contributed by atoms with E-state index in [0.717, 1.165) is 0 Å². The number of likely N-dealkylation sites (N-methyl/N-ethyl adjacent to an activating group) is 1. The van der Waals surface area contributed by atoms with Gasteiger partial charge in [0.05, 0.1) is 18.8 Å². The van der Waals surface area contributed by atoms with Crippen LogP contribution in [0.2, 0.25) is 5.82 Å². The molecule has 1 aliphatic rings. The van der Waals surface area contributed by atoms with Crippen LogP contribution in [-0.4, -0.2) is 38.1 Å². The summed E-state index contributed by atoms with van der Waals surface area (Å²) < 4.78 is 10.5. The molecule has 14 heavy (non-hydrogen) atoms. The van der Waals surface area contributed by atoms with Crippen molar-refractivity contribution in [1.29, 1.82) is 0 Å². The Morgan fingerprint density at radius 1 is 1.43 bits per heavy atom. The van der Waals surface area contributed by atoms with E-state index < -0.39 is 7.12 Å². The van der Waals surface area contributed by atoms with Gasteiger partial charge in [-0.1, -0.05) is 20.4 Å². The summed E-state index contributed by atoms with van der Waals surface area (Å²) in [6, 6.07) is 0. The van der Waals surface area contributed by atoms with Crippen molar-refractivity contribution in [1.82, 2.24) is 4.90 Å². The summed E-state index contributed by atoms with van der Waals surface area (Å²) in [6.07, 6.45) is 0. The minimum atomic E-state index is -0.497. The number of hydrogen-bond acceptors (Lipinski definition) is 4. The van der Waals surface area contributed by atoms with Crippen molar-refractivity contribution in [3.05, 3.63) is 12.3 Å². The first-order valence-corrected chi connectivity index (χ1v) is 4.71. The Labute approximate surface area is 85.0 Å². The minimum Gasteiger partial charge on any atom is -0.528 e. The molecule has 0 bridgehead atoms. The first kappa shape index (κ1) is 11.1. The zero-order chi connectivity index (χ0) is 10.7. The van der Waals surface area contributed by atoms with Crippen LogP contribution in [0.25, 0.3) is 0 Å². The van der Waals surface area contributed by atoms with E-state index in [1.54, 1.807) is 4.90 Å². The lowest BCUT2D eigenvalue weighted by Crippen LogP contribution is -2.39. The fourth-order valence-electron chi connectivity index (χ4n) is 1.24. The van der Waals surface area contributed by atoms with E-state index in [9.17, 15) is 4.79 Å². The van der Waals surface area contributed by atoms with Crippen molar-refractivity contribution >= 4 is 13.1 Å². The van der Waals surface area contributed by atoms with E-state index in [-0.39, 0.29) is 18.3 Å². The van der Waals surface area contributed by atoms with Crippen molar-refractivity contribution in [2.75, 3.05) is 20.1 Å². The van der Waals surface area contributed by atoms with Crippen LogP contribution in [0.4, 0.5) is 0 Å². The minimum absolute atomic E-state index is 0.138. The van der Waals surface area contributed by atoms with Crippen LogP contribution in [0.15, 0.2) is 12.3 Å². The monoisotopic (exact) mass is 197 g/mol. The first-order valence-electron chi connectivity index (χ1n) is 4.71.